The van der Waals surface area contributed by atoms with Crippen LogP contribution in [-0.4, -0.2) is 28.2 Å². The van der Waals surface area contributed by atoms with E-state index in [1.54, 1.807) is 13.8 Å². The summed E-state index contributed by atoms with van der Waals surface area (Å²) in [6.45, 7) is 6.02. The van der Waals surface area contributed by atoms with Crippen molar-refractivity contribution in [3.8, 4) is 0 Å². The Labute approximate surface area is 202 Å². The molecule has 0 radical (unpaired) electrons. The lowest BCUT2D eigenvalue weighted by atomic mass is 10.1. The highest BCUT2D eigenvalue weighted by atomic mass is 35.5. The molecule has 7 nitrogen and oxygen atoms in total. The fourth-order valence-corrected chi connectivity index (χ4v) is 6.13. The van der Waals surface area contributed by atoms with Gasteiger partial charge in [0.15, 0.2) is 5.65 Å². The standard InChI is InChI=1S/C25H22ClN5O2S/c1-15-12-16(2)22(17(3)13-15)34(32,33)25-24-28-23(27-14-18-8-10-19(26)11-9-18)20-6-4-5-7-21(20)31(24)30-29-25/h4-13H,14H2,1-3H3,(H,27,28). The number of nitrogens with one attached hydrogen (secondary N) is 1. The number of hydrogen-bond acceptors (Lipinski definition) is 6. The first-order valence-electron chi connectivity index (χ1n) is 10.7. The van der Waals surface area contributed by atoms with E-state index in [-0.39, 0.29) is 15.6 Å². The number of benzene rings is 3. The van der Waals surface area contributed by atoms with Crippen molar-refractivity contribution < 1.29 is 8.42 Å². The van der Waals surface area contributed by atoms with Crippen molar-refractivity contribution in [2.24, 2.45) is 0 Å². The first kappa shape index (κ1) is 22.3. The molecule has 5 aromatic rings. The summed E-state index contributed by atoms with van der Waals surface area (Å²) in [7, 11) is -3.96. The summed E-state index contributed by atoms with van der Waals surface area (Å²) in [6.07, 6.45) is 0. The summed E-state index contributed by atoms with van der Waals surface area (Å²) in [5.41, 5.74) is 4.23. The van der Waals surface area contributed by atoms with Gasteiger partial charge < -0.3 is 5.32 Å². The fraction of sp³-hybridized carbons (Fsp3) is 0.160. The summed E-state index contributed by atoms with van der Waals surface area (Å²) >= 11 is 5.99. The molecule has 0 bridgehead atoms. The molecule has 0 aliphatic heterocycles. The molecule has 0 aliphatic rings. The molecule has 2 aromatic heterocycles. The Balaban J connectivity index is 1.67. The van der Waals surface area contributed by atoms with Crippen LogP contribution >= 0.6 is 11.6 Å². The Kier molecular flexibility index (Phi) is 5.50. The number of anilines is 1. The molecule has 0 unspecified atom stereocenters. The number of hydrogen-bond donors (Lipinski definition) is 1. The minimum Gasteiger partial charge on any atom is -0.365 e. The predicted octanol–water partition coefficient (Wildman–Crippen LogP) is 5.30. The molecule has 0 amide bonds. The highest BCUT2D eigenvalue weighted by molar-refractivity contribution is 7.91. The Morgan fingerprint density at radius 1 is 0.971 bits per heavy atom. The van der Waals surface area contributed by atoms with Crippen LogP contribution in [0.3, 0.4) is 0 Å². The summed E-state index contributed by atoms with van der Waals surface area (Å²) in [5, 5.41) is 12.9. The van der Waals surface area contributed by atoms with Gasteiger partial charge in [-0.15, -0.1) is 5.10 Å². The maximum atomic E-state index is 13.7. The van der Waals surface area contributed by atoms with Crippen LogP contribution in [0.15, 0.2) is 70.6 Å². The topological polar surface area (TPSA) is 89.2 Å². The van der Waals surface area contributed by atoms with Crippen LogP contribution in [0.5, 0.6) is 0 Å². The average Bonchev–Trinajstić information content (AvgIpc) is 3.23. The van der Waals surface area contributed by atoms with Crippen molar-refractivity contribution in [3.63, 3.8) is 0 Å². The van der Waals surface area contributed by atoms with Gasteiger partial charge in [-0.2, -0.15) is 4.52 Å². The van der Waals surface area contributed by atoms with Gasteiger partial charge in [-0.05, 0) is 61.7 Å². The van der Waals surface area contributed by atoms with E-state index in [1.165, 1.54) is 4.52 Å². The lowest BCUT2D eigenvalue weighted by molar-refractivity contribution is 0.591. The van der Waals surface area contributed by atoms with Crippen molar-refractivity contribution in [1.82, 2.24) is 19.8 Å². The molecule has 5 rings (SSSR count). The van der Waals surface area contributed by atoms with Crippen LogP contribution in [0, 0.1) is 20.8 Å². The second-order valence-electron chi connectivity index (χ2n) is 8.32. The molecule has 2 heterocycles. The zero-order valence-corrected chi connectivity index (χ0v) is 20.4. The maximum absolute atomic E-state index is 13.7. The molecular formula is C25H22ClN5O2S. The van der Waals surface area contributed by atoms with Crippen molar-refractivity contribution in [3.05, 3.63) is 87.9 Å². The fourth-order valence-electron chi connectivity index (χ4n) is 4.33. The smallest absolute Gasteiger partial charge is 0.230 e. The Bertz CT molecular complexity index is 1640. The molecule has 0 atom stereocenters. The summed E-state index contributed by atoms with van der Waals surface area (Å²) in [6, 6.07) is 18.8. The SMILES string of the molecule is Cc1cc(C)c(S(=O)(=O)c2nnn3c2nc(NCc2ccc(Cl)cc2)c2ccccc23)c(C)c1. The second kappa shape index (κ2) is 8.38. The van der Waals surface area contributed by atoms with Gasteiger partial charge >= 0.3 is 0 Å². The van der Waals surface area contributed by atoms with Crippen molar-refractivity contribution in [2.45, 2.75) is 37.2 Å². The van der Waals surface area contributed by atoms with Crippen molar-refractivity contribution >= 4 is 43.8 Å². The van der Waals surface area contributed by atoms with E-state index in [1.807, 2.05) is 67.6 Å². The summed E-state index contributed by atoms with van der Waals surface area (Å²) in [5.74, 6) is 0.550. The van der Waals surface area contributed by atoms with Crippen LogP contribution in [0.2, 0.25) is 5.02 Å². The summed E-state index contributed by atoms with van der Waals surface area (Å²) in [4.78, 5) is 4.93. The maximum Gasteiger partial charge on any atom is 0.230 e. The van der Waals surface area contributed by atoms with Gasteiger partial charge in [0.05, 0.1) is 10.4 Å². The van der Waals surface area contributed by atoms with E-state index in [0.29, 0.717) is 34.0 Å². The van der Waals surface area contributed by atoms with Crippen LogP contribution in [0.4, 0.5) is 5.82 Å². The van der Waals surface area contributed by atoms with Gasteiger partial charge in [0.1, 0.15) is 5.82 Å². The molecule has 34 heavy (non-hydrogen) atoms. The van der Waals surface area contributed by atoms with Crippen LogP contribution < -0.4 is 5.32 Å². The number of rotatable bonds is 5. The molecule has 0 spiro atoms. The highest BCUT2D eigenvalue weighted by Gasteiger charge is 2.30. The molecule has 172 valence electrons. The van der Waals surface area contributed by atoms with Gasteiger partial charge in [0.25, 0.3) is 0 Å². The third kappa shape index (κ3) is 3.78. The average molecular weight is 492 g/mol. The zero-order chi connectivity index (χ0) is 24.0. The highest BCUT2D eigenvalue weighted by Crippen LogP contribution is 2.31. The zero-order valence-electron chi connectivity index (χ0n) is 18.9. The lowest BCUT2D eigenvalue weighted by Crippen LogP contribution is -2.10. The van der Waals surface area contributed by atoms with Gasteiger partial charge in [0.2, 0.25) is 14.9 Å². The Hall–Kier alpha value is -3.49. The summed E-state index contributed by atoms with van der Waals surface area (Å²) < 4.78 is 28.9. The minimum absolute atomic E-state index is 0.164. The quantitative estimate of drug-likeness (QED) is 0.359. The first-order valence-corrected chi connectivity index (χ1v) is 12.6. The van der Waals surface area contributed by atoms with Crippen LogP contribution in [0.1, 0.15) is 22.3 Å². The minimum atomic E-state index is -3.96. The molecule has 0 aliphatic carbocycles. The van der Waals surface area contributed by atoms with Gasteiger partial charge in [-0.1, -0.05) is 58.8 Å². The van der Waals surface area contributed by atoms with E-state index in [2.05, 4.69) is 20.6 Å². The number of halogens is 1. The molecule has 0 saturated heterocycles. The van der Waals surface area contributed by atoms with Gasteiger partial charge in [-0.25, -0.2) is 13.4 Å². The molecule has 9 heteroatoms. The number of fused-ring (bicyclic) bond motifs is 3. The lowest BCUT2D eigenvalue weighted by Gasteiger charge is -2.12. The predicted molar refractivity (Wildman–Crippen MR) is 133 cm³/mol. The Morgan fingerprint density at radius 3 is 2.35 bits per heavy atom. The third-order valence-corrected chi connectivity index (χ3v) is 7.93. The largest absolute Gasteiger partial charge is 0.365 e. The number of nitrogens with zero attached hydrogens (tertiary/aromatic N) is 4. The van der Waals surface area contributed by atoms with Gasteiger partial charge in [-0.3, -0.25) is 0 Å². The van der Waals surface area contributed by atoms with E-state index in [9.17, 15) is 8.42 Å². The van der Waals surface area contributed by atoms with Crippen LogP contribution in [-0.2, 0) is 16.4 Å². The molecule has 3 aromatic carbocycles. The Morgan fingerprint density at radius 2 is 1.65 bits per heavy atom. The number of para-hydroxylation sites is 1. The van der Waals surface area contributed by atoms with Crippen molar-refractivity contribution in [2.75, 3.05) is 5.32 Å². The van der Waals surface area contributed by atoms with E-state index in [4.69, 9.17) is 11.6 Å². The first-order chi connectivity index (χ1) is 16.3. The van der Waals surface area contributed by atoms with Gasteiger partial charge in [0, 0.05) is 17.0 Å². The van der Waals surface area contributed by atoms with Crippen LogP contribution in [0.25, 0.3) is 16.6 Å². The number of sulfone groups is 1. The van der Waals surface area contributed by atoms with E-state index < -0.39 is 9.84 Å². The van der Waals surface area contributed by atoms with Crippen molar-refractivity contribution in [1.29, 1.82) is 0 Å². The monoisotopic (exact) mass is 491 g/mol. The normalized spacial score (nSPS) is 11.9. The number of aromatic nitrogens is 4. The van der Waals surface area contributed by atoms with E-state index in [0.717, 1.165) is 16.5 Å². The molecule has 1 N–H and O–H groups in total. The molecule has 0 saturated carbocycles. The second-order valence-corrected chi connectivity index (χ2v) is 10.6. The number of aryl methyl sites for hydroxylation is 3. The van der Waals surface area contributed by atoms with E-state index >= 15 is 0 Å². The molecule has 0 fully saturated rings. The molecular weight excluding hydrogens is 470 g/mol. The third-order valence-electron chi connectivity index (χ3n) is 5.72.